The van der Waals surface area contributed by atoms with Gasteiger partial charge in [0.15, 0.2) is 5.66 Å². The largest absolute Gasteiger partial charge is 0.345 e. The Morgan fingerprint density at radius 1 is 1.00 bits per heavy atom. The van der Waals surface area contributed by atoms with Crippen molar-refractivity contribution in [2.45, 2.75) is 44.9 Å². The quantitative estimate of drug-likeness (QED) is 0.454. The van der Waals surface area contributed by atoms with E-state index in [9.17, 15) is 9.36 Å². The maximum absolute atomic E-state index is 13.6. The molecule has 6 heteroatoms. The first-order valence-electron chi connectivity index (χ1n) is 9.72. The molecule has 28 heavy (non-hydrogen) atoms. The number of hydrogen-bond donors (Lipinski definition) is 0. The molecule has 0 bridgehead atoms. The molecule has 5 nitrogen and oxygen atoms in total. The van der Waals surface area contributed by atoms with E-state index in [0.717, 1.165) is 11.1 Å². The Morgan fingerprint density at radius 3 is 2.00 bits per heavy atom. The fourth-order valence-electron chi connectivity index (χ4n) is 4.20. The molecule has 1 fully saturated rings. The van der Waals surface area contributed by atoms with Gasteiger partial charge in [0.1, 0.15) is 0 Å². The smallest absolute Gasteiger partial charge is 0.324 e. The number of carbonyl (C=O) groups is 1. The highest BCUT2D eigenvalue weighted by Crippen LogP contribution is 2.66. The van der Waals surface area contributed by atoms with E-state index in [4.69, 9.17) is 9.05 Å². The van der Waals surface area contributed by atoms with Crippen molar-refractivity contribution in [1.29, 1.82) is 0 Å². The zero-order chi connectivity index (χ0) is 20.4. The average molecular weight is 401 g/mol. The molecule has 0 N–H and O–H groups in total. The summed E-state index contributed by atoms with van der Waals surface area (Å²) in [5.74, 6) is -0.201. The van der Waals surface area contributed by atoms with Crippen LogP contribution < -0.4 is 0 Å². The highest BCUT2D eigenvalue weighted by molar-refractivity contribution is 7.56. The summed E-state index contributed by atoms with van der Waals surface area (Å²) in [6.07, 6.45) is 0. The Hall–Kier alpha value is -1.94. The van der Waals surface area contributed by atoms with Gasteiger partial charge in [0.25, 0.3) is 0 Å². The normalized spacial score (nSPS) is 23.4. The molecule has 0 spiro atoms. The lowest BCUT2D eigenvalue weighted by Gasteiger charge is -2.59. The van der Waals surface area contributed by atoms with E-state index in [1.165, 1.54) is 0 Å². The number of carbonyl (C=O) groups excluding carboxylic acids is 1. The van der Waals surface area contributed by atoms with Crippen LogP contribution in [-0.2, 0) is 23.9 Å². The van der Waals surface area contributed by atoms with Gasteiger partial charge in [-0.25, -0.2) is 0 Å². The Bertz CT molecular complexity index is 847. The topological polar surface area (TPSA) is 55.8 Å². The lowest BCUT2D eigenvalue weighted by Crippen LogP contribution is -2.70. The molecule has 2 aromatic carbocycles. The summed E-state index contributed by atoms with van der Waals surface area (Å²) < 4.78 is 24.8. The monoisotopic (exact) mass is 401 g/mol. The van der Waals surface area contributed by atoms with Crippen LogP contribution in [0.15, 0.2) is 60.7 Å². The van der Waals surface area contributed by atoms with Gasteiger partial charge in [0.05, 0.1) is 24.8 Å². The zero-order valence-electron chi connectivity index (χ0n) is 16.9. The molecule has 0 aromatic heterocycles. The fourth-order valence-corrected chi connectivity index (χ4v) is 6.58. The molecular formula is C22H28NO4P. The van der Waals surface area contributed by atoms with Gasteiger partial charge >= 0.3 is 7.60 Å². The third-order valence-corrected chi connectivity index (χ3v) is 8.06. The van der Waals surface area contributed by atoms with E-state index in [1.807, 2.05) is 79.4 Å². The Balaban J connectivity index is 2.09. The van der Waals surface area contributed by atoms with E-state index >= 15 is 0 Å². The van der Waals surface area contributed by atoms with E-state index in [2.05, 4.69) is 0 Å². The minimum Gasteiger partial charge on any atom is -0.324 e. The molecule has 1 aliphatic rings. The van der Waals surface area contributed by atoms with Crippen LogP contribution in [0.1, 0.15) is 44.9 Å². The third kappa shape index (κ3) is 3.32. The van der Waals surface area contributed by atoms with Crippen LogP contribution >= 0.6 is 7.60 Å². The summed E-state index contributed by atoms with van der Waals surface area (Å²) in [6.45, 7) is 7.92. The SMILES string of the molecule is CCOP(=O)(OCC)C1C(=O)N([C@H](C)c2ccccc2)[C@]1(C)c1ccccc1. The number of β-lactam (4-membered cyclic amide) rings is 1. The lowest BCUT2D eigenvalue weighted by molar-refractivity contribution is -0.161. The zero-order valence-corrected chi connectivity index (χ0v) is 17.8. The van der Waals surface area contributed by atoms with Gasteiger partial charge in [-0.15, -0.1) is 0 Å². The van der Waals surface area contributed by atoms with Gasteiger partial charge in [-0.05, 0) is 38.8 Å². The molecule has 2 aromatic rings. The summed E-state index contributed by atoms with van der Waals surface area (Å²) in [5, 5.41) is 0. The van der Waals surface area contributed by atoms with Crippen LogP contribution in [0.25, 0.3) is 0 Å². The second kappa shape index (κ2) is 8.20. The predicted molar refractivity (Wildman–Crippen MR) is 110 cm³/mol. The summed E-state index contributed by atoms with van der Waals surface area (Å²) >= 11 is 0. The second-order valence-corrected chi connectivity index (χ2v) is 9.20. The van der Waals surface area contributed by atoms with Gasteiger partial charge < -0.3 is 13.9 Å². The average Bonchev–Trinajstić information content (AvgIpc) is 2.69. The van der Waals surface area contributed by atoms with Crippen molar-refractivity contribution in [3.63, 3.8) is 0 Å². The van der Waals surface area contributed by atoms with Crippen molar-refractivity contribution in [1.82, 2.24) is 4.90 Å². The standard InChI is InChI=1S/C22H28NO4P/c1-5-26-28(25,27-6-2)20-21(24)23(17(3)18-13-9-7-10-14-18)22(20,4)19-15-11-8-12-16-19/h7-17,20H,5-6H2,1-4H3/t17-,20?,22-/m1/s1. The Kier molecular flexibility index (Phi) is 6.09. The number of benzene rings is 2. The van der Waals surface area contributed by atoms with Crippen LogP contribution in [0, 0.1) is 0 Å². The number of likely N-dealkylation sites (tertiary alicyclic amines) is 1. The van der Waals surface area contributed by atoms with Crippen LogP contribution in [0.3, 0.4) is 0 Å². The summed E-state index contributed by atoms with van der Waals surface area (Å²) in [6, 6.07) is 19.4. The molecule has 1 heterocycles. The summed E-state index contributed by atoms with van der Waals surface area (Å²) in [4.78, 5) is 15.2. The highest BCUT2D eigenvalue weighted by atomic mass is 31.2. The molecule has 150 valence electrons. The first-order valence-corrected chi connectivity index (χ1v) is 11.3. The minimum absolute atomic E-state index is 0.174. The summed E-state index contributed by atoms with van der Waals surface area (Å²) in [5.41, 5.74) is 0.280. The van der Waals surface area contributed by atoms with Gasteiger partial charge in [0.2, 0.25) is 5.91 Å². The van der Waals surface area contributed by atoms with E-state index in [1.54, 1.807) is 13.8 Å². The first kappa shape index (κ1) is 20.8. The van der Waals surface area contributed by atoms with Crippen LogP contribution in [0.5, 0.6) is 0 Å². The molecular weight excluding hydrogens is 373 g/mol. The maximum atomic E-state index is 13.6. The molecule has 3 atom stereocenters. The van der Waals surface area contributed by atoms with E-state index in [0.29, 0.717) is 0 Å². The van der Waals surface area contributed by atoms with Crippen LogP contribution in [0.2, 0.25) is 0 Å². The predicted octanol–water partition coefficient (Wildman–Crippen LogP) is 5.14. The first-order chi connectivity index (χ1) is 13.4. The molecule has 1 aliphatic heterocycles. The van der Waals surface area contributed by atoms with Gasteiger partial charge in [-0.2, -0.15) is 0 Å². The molecule has 0 saturated carbocycles. The van der Waals surface area contributed by atoms with Crippen molar-refractivity contribution in [3.8, 4) is 0 Å². The molecule has 1 unspecified atom stereocenters. The van der Waals surface area contributed by atoms with Crippen molar-refractivity contribution < 1.29 is 18.4 Å². The minimum atomic E-state index is -3.63. The van der Waals surface area contributed by atoms with Crippen molar-refractivity contribution in [2.75, 3.05) is 13.2 Å². The molecule has 1 saturated heterocycles. The Labute approximate surface area is 167 Å². The number of hydrogen-bond acceptors (Lipinski definition) is 4. The summed E-state index contributed by atoms with van der Waals surface area (Å²) in [7, 11) is -3.63. The van der Waals surface area contributed by atoms with Crippen molar-refractivity contribution >= 4 is 13.5 Å². The number of amides is 1. The second-order valence-electron chi connectivity index (χ2n) is 7.09. The van der Waals surface area contributed by atoms with Gasteiger partial charge in [-0.3, -0.25) is 9.36 Å². The van der Waals surface area contributed by atoms with Crippen molar-refractivity contribution in [2.24, 2.45) is 0 Å². The third-order valence-electron chi connectivity index (χ3n) is 5.47. The highest BCUT2D eigenvalue weighted by Gasteiger charge is 2.67. The van der Waals surface area contributed by atoms with Gasteiger partial charge in [0, 0.05) is 0 Å². The Morgan fingerprint density at radius 2 is 1.50 bits per heavy atom. The van der Waals surface area contributed by atoms with E-state index in [-0.39, 0.29) is 25.2 Å². The molecule has 0 aliphatic carbocycles. The van der Waals surface area contributed by atoms with Gasteiger partial charge in [-0.1, -0.05) is 60.7 Å². The van der Waals surface area contributed by atoms with Crippen LogP contribution in [0.4, 0.5) is 0 Å². The lowest BCUT2D eigenvalue weighted by atomic mass is 9.76. The fraction of sp³-hybridized carbons (Fsp3) is 0.409. The van der Waals surface area contributed by atoms with Crippen molar-refractivity contribution in [3.05, 3.63) is 71.8 Å². The number of rotatable bonds is 8. The molecule has 3 rings (SSSR count). The van der Waals surface area contributed by atoms with Crippen LogP contribution in [-0.4, -0.2) is 29.7 Å². The molecule has 1 amide bonds. The number of nitrogens with zero attached hydrogens (tertiary/aromatic N) is 1. The maximum Gasteiger partial charge on any atom is 0.345 e. The van der Waals surface area contributed by atoms with E-state index < -0.39 is 18.8 Å². The molecule has 0 radical (unpaired) electrons.